The highest BCUT2D eigenvalue weighted by molar-refractivity contribution is 8.18. The molecule has 8 nitrogen and oxygen atoms in total. The van der Waals surface area contributed by atoms with Crippen molar-refractivity contribution in [2.75, 3.05) is 26.7 Å². The molecule has 0 bridgehead atoms. The quantitative estimate of drug-likeness (QED) is 0.401. The molecule has 4 atom stereocenters. The standard InChI is InChI=1S/C34H40ClN5O3S/c1-20(2)28-29(32(43)39-26(15-16-27(39)41)31(42)38-18-17-37(6)22(4)19-38)44-33-36-34(5,24-11-13-25(35)14-12-24)30(40(28)33)23-9-7-21(3)8-10-23/h7-14,20,22,26,30H,15-19H2,1-6H3/t22-,26+,30-,34+/m1/s1. The van der Waals surface area contributed by atoms with Crippen molar-refractivity contribution >= 4 is 46.3 Å². The summed E-state index contributed by atoms with van der Waals surface area (Å²) < 4.78 is 0. The number of likely N-dealkylation sites (N-methyl/N-ethyl adjacent to an activating group) is 1. The van der Waals surface area contributed by atoms with E-state index in [2.05, 4.69) is 75.7 Å². The minimum Gasteiger partial charge on any atom is -0.338 e. The Morgan fingerprint density at radius 2 is 1.75 bits per heavy atom. The van der Waals surface area contributed by atoms with E-state index in [4.69, 9.17) is 16.6 Å². The second-order valence-electron chi connectivity index (χ2n) is 12.9. The summed E-state index contributed by atoms with van der Waals surface area (Å²) in [4.78, 5) is 54.7. The number of aliphatic imine (C=N–C) groups is 1. The number of hydrogen-bond acceptors (Lipinski definition) is 7. The number of halogens is 1. The number of carbonyl (C=O) groups excluding carboxylic acids is 3. The summed E-state index contributed by atoms with van der Waals surface area (Å²) in [6.07, 6.45) is 0.538. The van der Waals surface area contributed by atoms with E-state index in [1.54, 1.807) is 0 Å². The summed E-state index contributed by atoms with van der Waals surface area (Å²) in [5, 5.41) is 1.38. The smallest absolute Gasteiger partial charge is 0.269 e. The highest BCUT2D eigenvalue weighted by Gasteiger charge is 2.54. The molecular weight excluding hydrogens is 594 g/mol. The Bertz CT molecular complexity index is 1560. The molecule has 0 saturated carbocycles. The van der Waals surface area contributed by atoms with Crippen LogP contribution in [-0.4, -0.2) is 81.3 Å². The van der Waals surface area contributed by atoms with Gasteiger partial charge in [0.05, 0.1) is 6.04 Å². The summed E-state index contributed by atoms with van der Waals surface area (Å²) in [6, 6.07) is 15.5. The third-order valence-electron chi connectivity index (χ3n) is 9.56. The zero-order valence-corrected chi connectivity index (χ0v) is 27.8. The van der Waals surface area contributed by atoms with Crippen LogP contribution in [0.3, 0.4) is 0 Å². The van der Waals surface area contributed by atoms with E-state index in [9.17, 15) is 14.4 Å². The van der Waals surface area contributed by atoms with Crippen molar-refractivity contribution < 1.29 is 14.4 Å². The fraction of sp³-hybridized carbons (Fsp3) is 0.471. The highest BCUT2D eigenvalue weighted by atomic mass is 35.5. The van der Waals surface area contributed by atoms with Crippen LogP contribution in [0.25, 0.3) is 0 Å². The van der Waals surface area contributed by atoms with E-state index in [0.29, 0.717) is 29.4 Å². The predicted molar refractivity (Wildman–Crippen MR) is 175 cm³/mol. The number of aryl methyl sites for hydroxylation is 1. The Morgan fingerprint density at radius 1 is 1.07 bits per heavy atom. The Kier molecular flexibility index (Phi) is 8.18. The summed E-state index contributed by atoms with van der Waals surface area (Å²) in [5.74, 6) is -0.860. The minimum atomic E-state index is -0.781. The Balaban J connectivity index is 1.39. The molecule has 0 aliphatic carbocycles. The number of rotatable bonds is 5. The summed E-state index contributed by atoms with van der Waals surface area (Å²) in [6.45, 7) is 12.4. The maximum absolute atomic E-state index is 14.4. The molecule has 0 N–H and O–H groups in total. The van der Waals surface area contributed by atoms with Gasteiger partial charge in [-0.25, -0.2) is 4.99 Å². The second kappa shape index (κ2) is 11.7. The first-order valence-corrected chi connectivity index (χ1v) is 16.6. The molecule has 4 heterocycles. The van der Waals surface area contributed by atoms with Gasteiger partial charge in [-0.1, -0.05) is 67.4 Å². The topological polar surface area (TPSA) is 76.5 Å². The maximum Gasteiger partial charge on any atom is 0.269 e. The van der Waals surface area contributed by atoms with Crippen LogP contribution in [0.1, 0.15) is 63.3 Å². The van der Waals surface area contributed by atoms with Crippen LogP contribution >= 0.6 is 23.4 Å². The number of allylic oxidation sites excluding steroid dienone is 1. The van der Waals surface area contributed by atoms with E-state index in [1.807, 2.05) is 29.2 Å². The largest absolute Gasteiger partial charge is 0.338 e. The number of carbonyl (C=O) groups is 3. The molecule has 2 fully saturated rings. The molecule has 2 aromatic rings. The molecular formula is C34H40ClN5O3S. The number of thioether (sulfide) groups is 1. The van der Waals surface area contributed by atoms with Gasteiger partial charge in [0.2, 0.25) is 11.8 Å². The van der Waals surface area contributed by atoms with Gasteiger partial charge < -0.3 is 14.7 Å². The van der Waals surface area contributed by atoms with Gasteiger partial charge in [0, 0.05) is 42.8 Å². The van der Waals surface area contributed by atoms with Crippen LogP contribution in [0.4, 0.5) is 0 Å². The van der Waals surface area contributed by atoms with E-state index < -0.39 is 17.5 Å². The monoisotopic (exact) mass is 633 g/mol. The van der Waals surface area contributed by atoms with Crippen LogP contribution in [0.2, 0.25) is 5.02 Å². The van der Waals surface area contributed by atoms with Gasteiger partial charge in [0.1, 0.15) is 16.5 Å². The van der Waals surface area contributed by atoms with Gasteiger partial charge in [0.25, 0.3) is 5.91 Å². The molecule has 10 heteroatoms. The zero-order chi connectivity index (χ0) is 31.5. The van der Waals surface area contributed by atoms with Crippen molar-refractivity contribution in [1.82, 2.24) is 19.6 Å². The van der Waals surface area contributed by atoms with E-state index in [-0.39, 0.29) is 36.2 Å². The molecule has 2 aromatic carbocycles. The lowest BCUT2D eigenvalue weighted by atomic mass is 9.81. The lowest BCUT2D eigenvalue weighted by Crippen LogP contribution is -2.57. The van der Waals surface area contributed by atoms with E-state index >= 15 is 0 Å². The maximum atomic E-state index is 14.4. The van der Waals surface area contributed by atoms with Crippen molar-refractivity contribution in [1.29, 1.82) is 0 Å². The van der Waals surface area contributed by atoms with Crippen LogP contribution in [0.5, 0.6) is 0 Å². The fourth-order valence-electron chi connectivity index (χ4n) is 6.91. The molecule has 0 spiro atoms. The van der Waals surface area contributed by atoms with Gasteiger partial charge in [-0.3, -0.25) is 19.3 Å². The fourth-order valence-corrected chi connectivity index (χ4v) is 8.38. The summed E-state index contributed by atoms with van der Waals surface area (Å²) >= 11 is 7.58. The molecule has 2 saturated heterocycles. The second-order valence-corrected chi connectivity index (χ2v) is 14.4. The van der Waals surface area contributed by atoms with Crippen molar-refractivity contribution in [3.05, 3.63) is 80.8 Å². The molecule has 232 valence electrons. The molecule has 0 unspecified atom stereocenters. The van der Waals surface area contributed by atoms with Crippen LogP contribution < -0.4 is 0 Å². The predicted octanol–water partition coefficient (Wildman–Crippen LogP) is 5.57. The number of amides is 3. The summed E-state index contributed by atoms with van der Waals surface area (Å²) in [7, 11) is 2.05. The van der Waals surface area contributed by atoms with Gasteiger partial charge in [-0.2, -0.15) is 0 Å². The molecule has 44 heavy (non-hydrogen) atoms. The van der Waals surface area contributed by atoms with Crippen molar-refractivity contribution in [2.45, 2.75) is 71.1 Å². The highest BCUT2D eigenvalue weighted by Crippen LogP contribution is 2.56. The SMILES string of the molecule is Cc1ccc([C@H]2N3C(=N[C@@]2(C)c2ccc(Cl)cc2)SC(C(=O)N2C(=O)CC[C@H]2C(=O)N2CCN(C)[C@H](C)C2)=C3C(C)C)cc1. The number of benzene rings is 2. The first-order chi connectivity index (χ1) is 20.9. The number of amidine groups is 1. The van der Waals surface area contributed by atoms with E-state index in [1.165, 1.54) is 16.7 Å². The zero-order valence-electron chi connectivity index (χ0n) is 26.2. The molecule has 3 amide bonds. The molecule has 4 aliphatic rings. The average molecular weight is 634 g/mol. The lowest BCUT2D eigenvalue weighted by Gasteiger charge is -2.39. The van der Waals surface area contributed by atoms with Crippen molar-refractivity contribution in [2.24, 2.45) is 10.9 Å². The number of imide groups is 1. The minimum absolute atomic E-state index is 0.0417. The Hall–Kier alpha value is -3.14. The van der Waals surface area contributed by atoms with E-state index in [0.717, 1.165) is 34.1 Å². The molecule has 0 aromatic heterocycles. The molecule has 4 aliphatic heterocycles. The molecule has 6 rings (SSSR count). The van der Waals surface area contributed by atoms with Crippen LogP contribution in [0, 0.1) is 12.8 Å². The number of likely N-dealkylation sites (tertiary alicyclic amines) is 1. The average Bonchev–Trinajstić information content (AvgIpc) is 3.64. The first-order valence-electron chi connectivity index (χ1n) is 15.4. The summed E-state index contributed by atoms with van der Waals surface area (Å²) in [5.41, 5.74) is 3.43. The molecule has 0 radical (unpaired) electrons. The van der Waals surface area contributed by atoms with Gasteiger partial charge >= 0.3 is 0 Å². The third kappa shape index (κ3) is 5.16. The van der Waals surface area contributed by atoms with Crippen LogP contribution in [0.15, 0.2) is 64.1 Å². The third-order valence-corrected chi connectivity index (χ3v) is 10.9. The number of nitrogens with zero attached hydrogens (tertiary/aromatic N) is 5. The normalized spacial score (nSPS) is 27.5. The Labute approximate surface area is 269 Å². The number of fused-ring (bicyclic) bond motifs is 1. The van der Waals surface area contributed by atoms with Gasteiger partial charge in [-0.05, 0) is 75.2 Å². The number of piperazine rings is 1. The van der Waals surface area contributed by atoms with Crippen molar-refractivity contribution in [3.8, 4) is 0 Å². The van der Waals surface area contributed by atoms with Gasteiger partial charge in [0.15, 0.2) is 5.17 Å². The van der Waals surface area contributed by atoms with Gasteiger partial charge in [-0.15, -0.1) is 0 Å². The van der Waals surface area contributed by atoms with Crippen molar-refractivity contribution in [3.63, 3.8) is 0 Å². The number of hydrogen-bond donors (Lipinski definition) is 0. The first kappa shape index (κ1) is 30.9. The Morgan fingerprint density at radius 3 is 2.39 bits per heavy atom. The lowest BCUT2D eigenvalue weighted by molar-refractivity contribution is -0.150. The van der Waals surface area contributed by atoms with Crippen LogP contribution in [-0.2, 0) is 19.9 Å².